The second-order valence-corrected chi connectivity index (χ2v) is 7.32. The molecule has 30 heavy (non-hydrogen) atoms. The Hall–Kier alpha value is -2.36. The second-order valence-electron chi connectivity index (χ2n) is 7.32. The van der Waals surface area contributed by atoms with Crippen molar-refractivity contribution in [2.75, 3.05) is 44.2 Å². The second kappa shape index (κ2) is 10.6. The van der Waals surface area contributed by atoms with E-state index in [1.54, 1.807) is 12.4 Å². The van der Waals surface area contributed by atoms with Crippen LogP contribution in [-0.4, -0.2) is 65.1 Å². The normalized spacial score (nSPS) is 14.7. The summed E-state index contributed by atoms with van der Waals surface area (Å²) in [6.45, 7) is 9.52. The van der Waals surface area contributed by atoms with Gasteiger partial charge in [-0.15, -0.1) is 24.0 Å². The molecular weight excluding hydrogens is 489 g/mol. The van der Waals surface area contributed by atoms with Crippen molar-refractivity contribution in [3.63, 3.8) is 0 Å². The third-order valence-electron chi connectivity index (χ3n) is 5.40. The zero-order chi connectivity index (χ0) is 20.1. The molecule has 1 fully saturated rings. The first-order valence-electron chi connectivity index (χ1n) is 10.4. The van der Waals surface area contributed by atoms with E-state index >= 15 is 0 Å². The van der Waals surface area contributed by atoms with E-state index in [4.69, 9.17) is 4.99 Å². The standard InChI is InChI=1S/C22H29N7.HI/c1-3-23-21(28-12-14-29(15-13-28)22-24-9-5-10-25-22)26-11-8-18-16-27-20-17(2)6-4-7-19(18)20;/h4-7,9-10,16,27H,3,8,11-15H2,1-2H3,(H,23,26);1H. The molecule has 3 heterocycles. The molecule has 8 heteroatoms. The number of aryl methyl sites for hydroxylation is 1. The van der Waals surface area contributed by atoms with Crippen LogP contribution in [0.1, 0.15) is 18.1 Å². The van der Waals surface area contributed by atoms with Crippen LogP contribution in [0.4, 0.5) is 5.95 Å². The van der Waals surface area contributed by atoms with Crippen molar-refractivity contribution in [2.24, 2.45) is 4.99 Å². The van der Waals surface area contributed by atoms with Crippen molar-refractivity contribution < 1.29 is 0 Å². The Morgan fingerprint density at radius 2 is 1.90 bits per heavy atom. The number of rotatable bonds is 5. The van der Waals surface area contributed by atoms with Gasteiger partial charge >= 0.3 is 0 Å². The van der Waals surface area contributed by atoms with Gasteiger partial charge in [0.25, 0.3) is 0 Å². The smallest absolute Gasteiger partial charge is 0.225 e. The summed E-state index contributed by atoms with van der Waals surface area (Å²) in [4.78, 5) is 21.6. The fourth-order valence-corrected chi connectivity index (χ4v) is 3.85. The summed E-state index contributed by atoms with van der Waals surface area (Å²) < 4.78 is 0. The first-order valence-corrected chi connectivity index (χ1v) is 10.4. The molecule has 0 aliphatic carbocycles. The predicted molar refractivity (Wildman–Crippen MR) is 134 cm³/mol. The Labute approximate surface area is 195 Å². The van der Waals surface area contributed by atoms with Crippen LogP contribution in [0.25, 0.3) is 10.9 Å². The summed E-state index contributed by atoms with van der Waals surface area (Å²) in [5.41, 5.74) is 3.85. The highest BCUT2D eigenvalue weighted by atomic mass is 127. The molecule has 160 valence electrons. The molecule has 7 nitrogen and oxygen atoms in total. The maximum atomic E-state index is 4.91. The average Bonchev–Trinajstić information content (AvgIpc) is 3.18. The number of aromatic nitrogens is 3. The van der Waals surface area contributed by atoms with Gasteiger partial charge in [0, 0.05) is 68.8 Å². The minimum absolute atomic E-state index is 0. The number of piperazine rings is 1. The van der Waals surface area contributed by atoms with Gasteiger partial charge in [0.15, 0.2) is 5.96 Å². The number of nitrogens with zero attached hydrogens (tertiary/aromatic N) is 5. The molecule has 1 aromatic carbocycles. The molecule has 0 spiro atoms. The Morgan fingerprint density at radius 3 is 2.63 bits per heavy atom. The molecule has 2 aromatic heterocycles. The molecule has 0 radical (unpaired) electrons. The van der Waals surface area contributed by atoms with E-state index in [-0.39, 0.29) is 24.0 Å². The Morgan fingerprint density at radius 1 is 1.13 bits per heavy atom. The van der Waals surface area contributed by atoms with Gasteiger partial charge in [0.1, 0.15) is 0 Å². The molecule has 1 saturated heterocycles. The fraction of sp³-hybridized carbons (Fsp3) is 0.409. The minimum Gasteiger partial charge on any atom is -0.361 e. The van der Waals surface area contributed by atoms with Crippen LogP contribution in [-0.2, 0) is 6.42 Å². The highest BCUT2D eigenvalue weighted by Gasteiger charge is 2.21. The lowest BCUT2D eigenvalue weighted by molar-refractivity contribution is 0.370. The Bertz CT molecular complexity index is 962. The molecule has 1 aliphatic rings. The van der Waals surface area contributed by atoms with Crippen molar-refractivity contribution in [3.05, 3.63) is 54.0 Å². The summed E-state index contributed by atoms with van der Waals surface area (Å²) in [7, 11) is 0. The van der Waals surface area contributed by atoms with Crippen molar-refractivity contribution in [2.45, 2.75) is 20.3 Å². The van der Waals surface area contributed by atoms with Crippen molar-refractivity contribution in [3.8, 4) is 0 Å². The highest BCUT2D eigenvalue weighted by molar-refractivity contribution is 14.0. The summed E-state index contributed by atoms with van der Waals surface area (Å²) in [5, 5.41) is 4.76. The lowest BCUT2D eigenvalue weighted by Gasteiger charge is -2.36. The van der Waals surface area contributed by atoms with Gasteiger partial charge in [-0.05, 0) is 37.5 Å². The lowest BCUT2D eigenvalue weighted by atomic mass is 10.1. The van der Waals surface area contributed by atoms with Crippen molar-refractivity contribution >= 4 is 46.8 Å². The third-order valence-corrected chi connectivity index (χ3v) is 5.40. The zero-order valence-electron chi connectivity index (χ0n) is 17.6. The van der Waals surface area contributed by atoms with Crippen LogP contribution < -0.4 is 10.2 Å². The van der Waals surface area contributed by atoms with Gasteiger partial charge < -0.3 is 20.1 Å². The minimum atomic E-state index is 0. The van der Waals surface area contributed by atoms with Gasteiger partial charge in [0.05, 0.1) is 0 Å². The van der Waals surface area contributed by atoms with E-state index in [2.05, 4.69) is 68.3 Å². The Kier molecular flexibility index (Phi) is 7.89. The molecular formula is C22H30IN7. The van der Waals surface area contributed by atoms with Crippen LogP contribution in [0.15, 0.2) is 47.8 Å². The zero-order valence-corrected chi connectivity index (χ0v) is 20.0. The van der Waals surface area contributed by atoms with Gasteiger partial charge in [-0.1, -0.05) is 18.2 Å². The quantitative estimate of drug-likeness (QED) is 0.308. The summed E-state index contributed by atoms with van der Waals surface area (Å²) in [6.07, 6.45) is 6.65. The van der Waals surface area contributed by atoms with E-state index < -0.39 is 0 Å². The molecule has 1 aliphatic heterocycles. The number of anilines is 1. The molecule has 3 aromatic rings. The van der Waals surface area contributed by atoms with Gasteiger partial charge in [-0.25, -0.2) is 9.97 Å². The van der Waals surface area contributed by atoms with Gasteiger partial charge in [-0.2, -0.15) is 0 Å². The number of H-pyrrole nitrogens is 1. The maximum absolute atomic E-state index is 4.91. The van der Waals surface area contributed by atoms with Crippen LogP contribution >= 0.6 is 24.0 Å². The van der Waals surface area contributed by atoms with Gasteiger partial charge in [-0.3, -0.25) is 4.99 Å². The summed E-state index contributed by atoms with van der Waals surface area (Å²) in [6, 6.07) is 8.31. The SMILES string of the molecule is CCNC(=NCCc1c[nH]c2c(C)cccc12)N1CCN(c2ncccn2)CC1.I. The van der Waals surface area contributed by atoms with Crippen LogP contribution in [0.2, 0.25) is 0 Å². The summed E-state index contributed by atoms with van der Waals surface area (Å²) >= 11 is 0. The molecule has 0 unspecified atom stereocenters. The predicted octanol–water partition coefficient (Wildman–Crippen LogP) is 3.21. The first-order chi connectivity index (χ1) is 14.3. The third kappa shape index (κ3) is 5.03. The topological polar surface area (TPSA) is 72.4 Å². The highest BCUT2D eigenvalue weighted by Crippen LogP contribution is 2.21. The molecule has 2 N–H and O–H groups in total. The number of fused-ring (bicyclic) bond motifs is 1. The number of halogens is 1. The number of nitrogens with one attached hydrogen (secondary N) is 2. The van der Waals surface area contributed by atoms with Crippen LogP contribution in [0.5, 0.6) is 0 Å². The lowest BCUT2D eigenvalue weighted by Crippen LogP contribution is -2.53. The number of para-hydroxylation sites is 1. The van der Waals surface area contributed by atoms with Crippen molar-refractivity contribution in [1.82, 2.24) is 25.2 Å². The molecule has 0 amide bonds. The number of benzene rings is 1. The Balaban J connectivity index is 0.00000256. The average molecular weight is 519 g/mol. The largest absolute Gasteiger partial charge is 0.361 e. The molecule has 0 saturated carbocycles. The van der Waals surface area contributed by atoms with Crippen LogP contribution in [0.3, 0.4) is 0 Å². The van der Waals surface area contributed by atoms with Crippen molar-refractivity contribution in [1.29, 1.82) is 0 Å². The van der Waals surface area contributed by atoms with Gasteiger partial charge in [0.2, 0.25) is 5.95 Å². The van der Waals surface area contributed by atoms with E-state index in [0.29, 0.717) is 0 Å². The first kappa shape index (κ1) is 22.3. The van der Waals surface area contributed by atoms with E-state index in [9.17, 15) is 0 Å². The van der Waals surface area contributed by atoms with E-state index in [1.165, 1.54) is 22.0 Å². The number of aliphatic imine (C=N–C) groups is 1. The monoisotopic (exact) mass is 519 g/mol. The molecule has 4 rings (SSSR count). The number of guanidine groups is 1. The summed E-state index contributed by atoms with van der Waals surface area (Å²) in [5.74, 6) is 1.81. The maximum Gasteiger partial charge on any atom is 0.225 e. The fourth-order valence-electron chi connectivity index (χ4n) is 3.85. The molecule has 0 bridgehead atoms. The number of aromatic amines is 1. The number of hydrogen-bond acceptors (Lipinski definition) is 4. The van der Waals surface area contributed by atoms with E-state index in [0.717, 1.165) is 57.6 Å². The van der Waals surface area contributed by atoms with E-state index in [1.807, 2.05) is 6.07 Å². The number of hydrogen-bond donors (Lipinski definition) is 2. The van der Waals surface area contributed by atoms with Crippen LogP contribution in [0, 0.1) is 6.92 Å². The molecule has 0 atom stereocenters.